The Bertz CT molecular complexity index is 5310. The minimum atomic E-state index is -4.89. The number of aryl methyl sites for hydroxylation is 4. The fraction of sp³-hybridized carbons (Fsp3) is 0.632. The lowest BCUT2D eigenvalue weighted by Crippen LogP contribution is -2.52. The van der Waals surface area contributed by atoms with Gasteiger partial charge in [0.2, 0.25) is 5.95 Å². The van der Waals surface area contributed by atoms with Crippen LogP contribution in [0.25, 0.3) is 11.2 Å². The normalized spacial score (nSPS) is 35.6. The Morgan fingerprint density at radius 2 is 0.944 bits per heavy atom. The number of aliphatic hydroxyl groups excluding tert-OH is 1. The molecule has 13 N–H and O–H groups in total. The van der Waals surface area contributed by atoms with Crippen LogP contribution in [0, 0.1) is 27.7 Å². The highest BCUT2D eigenvalue weighted by molar-refractivity contribution is 8.08. The summed E-state index contributed by atoms with van der Waals surface area (Å²) < 4.78 is 106. The fourth-order valence-corrected chi connectivity index (χ4v) is 20.5. The van der Waals surface area contributed by atoms with E-state index >= 15 is 0 Å². The maximum absolute atomic E-state index is 13.7. The topological polar surface area (TPSA) is 564 Å². The predicted molar refractivity (Wildman–Crippen MR) is 383 cm³/mol. The lowest BCUT2D eigenvalue weighted by atomic mass is 9.94. The maximum Gasteiger partial charge on any atom is 0.351 e. The third kappa shape index (κ3) is 14.4. The number of hydrogen-bond acceptors (Lipinski definition) is 34. The van der Waals surface area contributed by atoms with E-state index in [2.05, 4.69) is 34.9 Å². The van der Waals surface area contributed by atoms with E-state index in [0.717, 1.165) is 13.7 Å². The van der Waals surface area contributed by atoms with Crippen molar-refractivity contribution in [3.63, 3.8) is 0 Å². The van der Waals surface area contributed by atoms with Gasteiger partial charge in [0.05, 0.1) is 69.4 Å². The number of hydrogen-bond donors (Lipinski definition) is 11. The van der Waals surface area contributed by atoms with Gasteiger partial charge in [-0.3, -0.25) is 71.0 Å². The van der Waals surface area contributed by atoms with Crippen molar-refractivity contribution in [3.05, 3.63) is 137 Å². The van der Waals surface area contributed by atoms with Crippen molar-refractivity contribution in [1.29, 1.82) is 0 Å². The molecule has 8 fully saturated rings. The molecule has 14 heterocycles. The van der Waals surface area contributed by atoms with E-state index in [1.165, 1.54) is 74.9 Å². The molecule has 14 rings (SSSR count). The van der Waals surface area contributed by atoms with Gasteiger partial charge in [0.1, 0.15) is 77.8 Å². The highest BCUT2D eigenvalue weighted by Crippen LogP contribution is 2.63. The zero-order valence-corrected chi connectivity index (χ0v) is 64.8. The minimum absolute atomic E-state index is 0.0268. The molecule has 0 aliphatic carbocycles. The van der Waals surface area contributed by atoms with E-state index in [1.54, 1.807) is 20.8 Å². The van der Waals surface area contributed by atoms with Crippen LogP contribution in [-0.4, -0.2) is 205 Å². The zero-order chi connectivity index (χ0) is 77.8. The molecule has 108 heavy (non-hydrogen) atoms. The van der Waals surface area contributed by atoms with Crippen LogP contribution in [-0.2, 0) is 121 Å². The van der Waals surface area contributed by atoms with Gasteiger partial charge < -0.3 is 101 Å². The second kappa shape index (κ2) is 28.9. The molecular weight excluding hydrogens is 1600 g/mol. The summed E-state index contributed by atoms with van der Waals surface area (Å²) in [4.78, 5) is 174. The summed E-state index contributed by atoms with van der Waals surface area (Å²) in [6, 6.07) is 0. The minimum Gasteiger partial charge on any atom is -0.387 e. The van der Waals surface area contributed by atoms with Crippen molar-refractivity contribution in [2.75, 3.05) is 37.9 Å². The Kier molecular flexibility index (Phi) is 21.2. The van der Waals surface area contributed by atoms with Crippen LogP contribution in [0.15, 0.2) is 69.5 Å². The highest BCUT2D eigenvalue weighted by Gasteiger charge is 2.72. The average molecular weight is 1670 g/mol. The molecule has 6 bridgehead atoms. The molecule has 8 aliphatic heterocycles. The van der Waals surface area contributed by atoms with Crippen molar-refractivity contribution < 1.29 is 98.8 Å². The van der Waals surface area contributed by atoms with Gasteiger partial charge in [0.15, 0.2) is 29.8 Å². The lowest BCUT2D eigenvalue weighted by Gasteiger charge is -2.39. The Hall–Kier alpha value is -5.37. The summed E-state index contributed by atoms with van der Waals surface area (Å²) in [5.74, 6) is -0.363. The molecule has 8 saturated heterocycles. The van der Waals surface area contributed by atoms with Gasteiger partial charge >= 0.3 is 49.6 Å². The summed E-state index contributed by atoms with van der Waals surface area (Å²) in [5, 5.41) is 11.7. The third-order valence-electron chi connectivity index (χ3n) is 20.4. The van der Waals surface area contributed by atoms with Crippen LogP contribution >= 0.6 is 26.9 Å². The van der Waals surface area contributed by atoms with Crippen molar-refractivity contribution in [2.45, 2.75) is 202 Å². The number of nitrogen functional groups attached to an aromatic ring is 2. The van der Waals surface area contributed by atoms with Crippen LogP contribution in [0.2, 0.25) is 0 Å². The lowest BCUT2D eigenvalue weighted by molar-refractivity contribution is -0.218. The number of aliphatic hydroxyl groups is 1. The molecule has 0 aromatic carbocycles. The summed E-state index contributed by atoms with van der Waals surface area (Å²) >= 11 is 22.7. The molecule has 43 nitrogen and oxygen atoms in total. The number of fused-ring (bicyclic) bond motifs is 7. The van der Waals surface area contributed by atoms with Crippen molar-refractivity contribution in [1.82, 2.24) is 57.7 Å². The number of rotatable bonds is 26. The quantitative estimate of drug-likeness (QED) is 0.0273. The number of imidazole rings is 1. The van der Waals surface area contributed by atoms with Gasteiger partial charge in [-0.2, -0.15) is 9.97 Å². The molecule has 0 saturated carbocycles. The number of nitrogens with one attached hydrogen (secondary N) is 4. The number of H-pyrrole nitrogens is 4. The van der Waals surface area contributed by atoms with E-state index in [9.17, 15) is 63.0 Å². The Labute approximate surface area is 626 Å². The number of nitrogens with zero attached hydrogens (tertiary/aromatic N) is 8. The monoisotopic (exact) mass is 1670 g/mol. The predicted octanol–water partition coefficient (Wildman–Crippen LogP) is -1.59. The summed E-state index contributed by atoms with van der Waals surface area (Å²) in [6.07, 6.45) is -16.7. The molecule has 0 spiro atoms. The standard InChI is InChI=1S/C57H74N14O29P4S4/c1-9-28-29(10-32(92-28)67-13-22(3)43(73)64-52(67)78)97-101(81,105)85-16-31-30(11-33(93-31)68-14-23(4)44(74)65-53(68)79)98-102(82,106)87-18-57-27(8)91-37(49(96-57)71-20-60-34-42(71)62-50(59)63-46(34)76)40(57)100-104(84,108)88-19-56-26(7)90-36(48(95-56)70-15-24(5)45(75)66-54(70)80)39(56)99-103(83,107)86-17-55-25(6)89-35(38(55)72)47(94-55)69-12-21(2)41(58)61-51(69)77/h12-15,20,25-33,35-40,47-49,72H,9-11,16-19H2,1-8H3,(H,81,105)(H,82,106)(H,83,107)(H,84,108)(H2,58,61,77)(H,64,73,78)(H,65,74,79)(H,66,75,80)(H3,59,62,63,76)/t25-,26-,27-,28+,29+,30+,31+,32+,33+,35?,36?,37?,38+,39+,40+,47+,48+,49+,55-,56-,57-,101?,102?,103?,104?/m0/s1. The molecule has 0 radical (unpaired) electrons. The molecular formula is C57H74N14O29P4S4. The van der Waals surface area contributed by atoms with Gasteiger partial charge in [0, 0.05) is 59.9 Å². The van der Waals surface area contributed by atoms with E-state index in [4.69, 9.17) is 133 Å². The number of nitrogens with two attached hydrogens (primary N) is 2. The van der Waals surface area contributed by atoms with Gasteiger partial charge in [-0.1, -0.05) is 6.92 Å². The molecule has 8 aliphatic rings. The smallest absolute Gasteiger partial charge is 0.351 e. The highest BCUT2D eigenvalue weighted by atomic mass is 32.5. The van der Waals surface area contributed by atoms with Crippen molar-refractivity contribution in [2.24, 2.45) is 0 Å². The first-order valence-corrected chi connectivity index (χ1v) is 43.7. The first-order valence-electron chi connectivity index (χ1n) is 33.3. The molecule has 51 heteroatoms. The fourth-order valence-electron chi connectivity index (χ4n) is 14.7. The molecule has 6 aromatic rings. The van der Waals surface area contributed by atoms with Gasteiger partial charge in [-0.15, -0.1) is 0 Å². The summed E-state index contributed by atoms with van der Waals surface area (Å²) in [7, 11) is 0. The largest absolute Gasteiger partial charge is 0.387 e. The number of ether oxygens (including phenoxy) is 8. The third-order valence-corrected chi connectivity index (χ3v) is 26.6. The molecule has 7 unspecified atom stereocenters. The second-order valence-corrected chi connectivity index (χ2v) is 38.4. The summed E-state index contributed by atoms with van der Waals surface area (Å²) in [6.45, 7) is -9.49. The Morgan fingerprint density at radius 3 is 1.47 bits per heavy atom. The number of aromatic amines is 4. The molecule has 0 amide bonds. The number of anilines is 2. The second-order valence-electron chi connectivity index (χ2n) is 27.2. The van der Waals surface area contributed by atoms with Gasteiger partial charge in [-0.25, -0.2) is 24.2 Å². The molecule has 25 atom stereocenters. The van der Waals surface area contributed by atoms with Crippen LogP contribution in [0.5, 0.6) is 0 Å². The van der Waals surface area contributed by atoms with Crippen molar-refractivity contribution in [3.8, 4) is 0 Å². The molecule has 6 aromatic heterocycles. The van der Waals surface area contributed by atoms with Gasteiger partial charge in [0.25, 0.3) is 22.2 Å². The molecule has 590 valence electrons. The first kappa shape index (κ1) is 79.3. The average Bonchev–Trinajstić information content (AvgIpc) is 1.56. The Morgan fingerprint density at radius 1 is 0.528 bits per heavy atom. The van der Waals surface area contributed by atoms with Gasteiger partial charge in [-0.05, 0) is 102 Å². The van der Waals surface area contributed by atoms with E-state index in [-0.39, 0.29) is 52.5 Å². The SMILES string of the molecule is CC[C@H]1O[C@@H](n2cc(C)c(=O)[nH]c2=O)C[C@H]1OP(O)(=S)OC[C@H]1O[C@@H](n2cc(C)c(=O)[nH]c2=O)C[C@H]1OP(O)(=S)OC[C@]12O[C@@H](n3cnc4c(=O)[nH]c(N)nc43)C(O[C@H]1C)[C@H]2OP(O)(=S)OC[C@]12O[C@@H](n3cc(C)c(=O)[nH]c3=O)C(O[C@H]1C)[C@H]2OP(O)(=S)OC[C@]12O[C@@H](n3cc(C)c(N)nc3=O)C(O[C@H]1C)[C@H]2O. The van der Waals surface area contributed by atoms with Crippen LogP contribution in [0.3, 0.4) is 0 Å². The van der Waals surface area contributed by atoms with E-state index < -0.39 is 226 Å². The van der Waals surface area contributed by atoms with Crippen LogP contribution in [0.1, 0.15) is 100 Å². The van der Waals surface area contributed by atoms with E-state index in [0.29, 0.717) is 12.0 Å². The number of aromatic nitrogens is 12. The van der Waals surface area contributed by atoms with Crippen LogP contribution in [0.4, 0.5) is 11.8 Å². The maximum atomic E-state index is 13.7. The Balaban J connectivity index is 0.727. The zero-order valence-electron chi connectivity index (χ0n) is 57.9. The van der Waals surface area contributed by atoms with E-state index in [1.807, 2.05) is 0 Å². The first-order chi connectivity index (χ1) is 50.7. The summed E-state index contributed by atoms with van der Waals surface area (Å²) in [5.41, 5.74) is 0.217. The van der Waals surface area contributed by atoms with Crippen molar-refractivity contribution >= 4 is 97.0 Å². The van der Waals surface area contributed by atoms with Crippen LogP contribution < -0.4 is 56.5 Å².